The smallest absolute Gasteiger partial charge is 0.349 e. The first-order chi connectivity index (χ1) is 9.58. The molecule has 0 aromatic heterocycles. The lowest BCUT2D eigenvalue weighted by Gasteiger charge is -2.12. The standard InChI is InChI=1S/C14H16O6/c1-17-10-7-5-6-9(8-10)12(18-2)11(13(15)19-3)14(16)20-4/h5-8H,1-4H3. The Morgan fingerprint density at radius 2 is 1.50 bits per heavy atom. The van der Waals surface area contributed by atoms with Gasteiger partial charge in [-0.2, -0.15) is 0 Å². The van der Waals surface area contributed by atoms with E-state index in [1.54, 1.807) is 24.3 Å². The molecule has 1 rings (SSSR count). The van der Waals surface area contributed by atoms with Crippen molar-refractivity contribution in [1.29, 1.82) is 0 Å². The molecule has 0 unspecified atom stereocenters. The van der Waals surface area contributed by atoms with Crippen LogP contribution >= 0.6 is 0 Å². The lowest BCUT2D eigenvalue weighted by molar-refractivity contribution is -0.144. The fraction of sp³-hybridized carbons (Fsp3) is 0.286. The van der Waals surface area contributed by atoms with Gasteiger partial charge in [0, 0.05) is 5.56 Å². The molecule has 0 bridgehead atoms. The van der Waals surface area contributed by atoms with E-state index in [1.165, 1.54) is 28.4 Å². The SMILES string of the molecule is COC(=O)C(C(=O)OC)=C(OC)c1cccc(OC)c1. The van der Waals surface area contributed by atoms with Crippen molar-refractivity contribution in [2.24, 2.45) is 0 Å². The molecular weight excluding hydrogens is 264 g/mol. The molecule has 6 heteroatoms. The van der Waals surface area contributed by atoms with Crippen LogP contribution in [0, 0.1) is 0 Å². The highest BCUT2D eigenvalue weighted by Gasteiger charge is 2.27. The van der Waals surface area contributed by atoms with Crippen molar-refractivity contribution in [3.8, 4) is 5.75 Å². The number of rotatable bonds is 5. The molecule has 0 aliphatic heterocycles. The van der Waals surface area contributed by atoms with Crippen LogP contribution in [0.3, 0.4) is 0 Å². The van der Waals surface area contributed by atoms with Gasteiger partial charge in [-0.15, -0.1) is 0 Å². The van der Waals surface area contributed by atoms with Crippen molar-refractivity contribution in [1.82, 2.24) is 0 Å². The minimum Gasteiger partial charge on any atom is -0.497 e. The molecule has 0 N–H and O–H groups in total. The second-order valence-corrected chi connectivity index (χ2v) is 3.62. The van der Waals surface area contributed by atoms with Crippen molar-refractivity contribution < 1.29 is 28.5 Å². The average molecular weight is 280 g/mol. The van der Waals surface area contributed by atoms with Crippen LogP contribution in [-0.4, -0.2) is 40.4 Å². The lowest BCUT2D eigenvalue weighted by atomic mass is 10.1. The van der Waals surface area contributed by atoms with Gasteiger partial charge in [-0.25, -0.2) is 9.59 Å². The van der Waals surface area contributed by atoms with Crippen molar-refractivity contribution in [2.45, 2.75) is 0 Å². The summed E-state index contributed by atoms with van der Waals surface area (Å²) in [5, 5.41) is 0. The summed E-state index contributed by atoms with van der Waals surface area (Å²) in [5.74, 6) is -1.05. The fourth-order valence-corrected chi connectivity index (χ4v) is 1.60. The zero-order chi connectivity index (χ0) is 15.1. The average Bonchev–Trinajstić information content (AvgIpc) is 2.51. The molecule has 0 saturated heterocycles. The molecule has 108 valence electrons. The Bertz CT molecular complexity index is 514. The van der Waals surface area contributed by atoms with Gasteiger partial charge in [0.1, 0.15) is 11.5 Å². The van der Waals surface area contributed by atoms with Crippen LogP contribution < -0.4 is 4.74 Å². The van der Waals surface area contributed by atoms with Gasteiger partial charge in [0.2, 0.25) is 0 Å². The summed E-state index contributed by atoms with van der Waals surface area (Å²) in [4.78, 5) is 23.5. The third-order valence-electron chi connectivity index (χ3n) is 2.54. The number of hydrogen-bond acceptors (Lipinski definition) is 6. The Morgan fingerprint density at radius 1 is 0.900 bits per heavy atom. The summed E-state index contributed by atoms with van der Waals surface area (Å²) in [6.07, 6.45) is 0. The third-order valence-corrected chi connectivity index (χ3v) is 2.54. The second-order valence-electron chi connectivity index (χ2n) is 3.62. The highest BCUT2D eigenvalue weighted by molar-refractivity contribution is 6.19. The molecule has 1 aromatic carbocycles. The number of carbonyl (C=O) groups is 2. The first-order valence-electron chi connectivity index (χ1n) is 5.68. The van der Waals surface area contributed by atoms with Gasteiger partial charge in [-0.1, -0.05) is 12.1 Å². The lowest BCUT2D eigenvalue weighted by Crippen LogP contribution is -2.18. The summed E-state index contributed by atoms with van der Waals surface area (Å²) >= 11 is 0. The second kappa shape index (κ2) is 7.18. The number of methoxy groups -OCH3 is 4. The summed E-state index contributed by atoms with van der Waals surface area (Å²) in [5.41, 5.74) is 0.184. The maximum absolute atomic E-state index is 11.7. The van der Waals surface area contributed by atoms with E-state index in [0.717, 1.165) is 0 Å². The molecule has 20 heavy (non-hydrogen) atoms. The van der Waals surface area contributed by atoms with E-state index in [4.69, 9.17) is 9.47 Å². The molecule has 0 heterocycles. The van der Waals surface area contributed by atoms with Crippen molar-refractivity contribution >= 4 is 17.7 Å². The molecule has 6 nitrogen and oxygen atoms in total. The summed E-state index contributed by atoms with van der Waals surface area (Å²) in [6.45, 7) is 0. The highest BCUT2D eigenvalue weighted by atomic mass is 16.5. The van der Waals surface area contributed by atoms with Crippen LogP contribution in [0.4, 0.5) is 0 Å². The van der Waals surface area contributed by atoms with E-state index < -0.39 is 11.9 Å². The van der Waals surface area contributed by atoms with Gasteiger partial charge in [0.15, 0.2) is 5.57 Å². The van der Waals surface area contributed by atoms with Crippen LogP contribution in [0.15, 0.2) is 29.8 Å². The molecular formula is C14H16O6. The van der Waals surface area contributed by atoms with Gasteiger partial charge in [0.05, 0.1) is 28.4 Å². The number of hydrogen-bond donors (Lipinski definition) is 0. The zero-order valence-corrected chi connectivity index (χ0v) is 11.8. The van der Waals surface area contributed by atoms with Gasteiger partial charge in [-0.3, -0.25) is 0 Å². The van der Waals surface area contributed by atoms with E-state index in [-0.39, 0.29) is 11.3 Å². The molecule has 0 atom stereocenters. The monoisotopic (exact) mass is 280 g/mol. The number of ether oxygens (including phenoxy) is 4. The van der Waals surface area contributed by atoms with Crippen LogP contribution in [0.2, 0.25) is 0 Å². The third kappa shape index (κ3) is 3.28. The first-order valence-corrected chi connectivity index (χ1v) is 5.68. The summed E-state index contributed by atoms with van der Waals surface area (Å²) < 4.78 is 19.4. The Balaban J connectivity index is 3.46. The molecule has 0 saturated carbocycles. The van der Waals surface area contributed by atoms with Gasteiger partial charge in [-0.05, 0) is 12.1 Å². The van der Waals surface area contributed by atoms with Gasteiger partial charge >= 0.3 is 11.9 Å². The zero-order valence-electron chi connectivity index (χ0n) is 11.8. The molecule has 0 spiro atoms. The topological polar surface area (TPSA) is 71.1 Å². The Hall–Kier alpha value is -2.50. The van der Waals surface area contributed by atoms with E-state index >= 15 is 0 Å². The number of carbonyl (C=O) groups excluding carboxylic acids is 2. The molecule has 0 aliphatic carbocycles. The molecule has 0 radical (unpaired) electrons. The van der Waals surface area contributed by atoms with Gasteiger partial charge < -0.3 is 18.9 Å². The van der Waals surface area contributed by atoms with Gasteiger partial charge in [0.25, 0.3) is 0 Å². The van der Waals surface area contributed by atoms with Crippen LogP contribution in [0.1, 0.15) is 5.56 Å². The van der Waals surface area contributed by atoms with Crippen LogP contribution in [-0.2, 0) is 23.8 Å². The van der Waals surface area contributed by atoms with E-state index in [1.807, 2.05) is 0 Å². The van der Waals surface area contributed by atoms with Crippen molar-refractivity contribution in [3.63, 3.8) is 0 Å². The predicted octanol–water partition coefficient (Wildman–Crippen LogP) is 1.40. The number of esters is 2. The van der Waals surface area contributed by atoms with E-state index in [9.17, 15) is 9.59 Å². The minimum absolute atomic E-state index is 0.0580. The minimum atomic E-state index is -0.837. The van der Waals surface area contributed by atoms with Crippen molar-refractivity contribution in [2.75, 3.05) is 28.4 Å². The molecule has 0 fully saturated rings. The van der Waals surface area contributed by atoms with Crippen molar-refractivity contribution in [3.05, 3.63) is 35.4 Å². The summed E-state index contributed by atoms with van der Waals surface area (Å²) in [7, 11) is 5.20. The van der Waals surface area contributed by atoms with E-state index in [2.05, 4.69) is 9.47 Å². The summed E-state index contributed by atoms with van der Waals surface area (Å²) in [6, 6.07) is 6.74. The maximum atomic E-state index is 11.7. The molecule has 0 aliphatic rings. The van der Waals surface area contributed by atoms with Crippen LogP contribution in [0.25, 0.3) is 5.76 Å². The quantitative estimate of drug-likeness (QED) is 0.267. The fourth-order valence-electron chi connectivity index (χ4n) is 1.60. The largest absolute Gasteiger partial charge is 0.497 e. The predicted molar refractivity (Wildman–Crippen MR) is 71.0 cm³/mol. The Kier molecular flexibility index (Phi) is 5.58. The normalized spacial score (nSPS) is 9.40. The van der Waals surface area contributed by atoms with E-state index in [0.29, 0.717) is 11.3 Å². The Labute approximate surface area is 116 Å². The molecule has 1 aromatic rings. The maximum Gasteiger partial charge on any atom is 0.349 e. The number of benzene rings is 1. The highest BCUT2D eigenvalue weighted by Crippen LogP contribution is 2.24. The Morgan fingerprint density at radius 3 is 1.95 bits per heavy atom. The first kappa shape index (κ1) is 15.6. The van der Waals surface area contributed by atoms with Crippen LogP contribution in [0.5, 0.6) is 5.75 Å². The molecule has 0 amide bonds.